The normalized spacial score (nSPS) is 15.5. The maximum atomic E-state index is 12.5. The van der Waals surface area contributed by atoms with Crippen molar-refractivity contribution in [3.8, 4) is 11.5 Å². The highest BCUT2D eigenvalue weighted by Crippen LogP contribution is 2.40. The van der Waals surface area contributed by atoms with E-state index in [4.69, 9.17) is 9.47 Å². The van der Waals surface area contributed by atoms with Crippen LogP contribution in [-0.4, -0.2) is 44.7 Å². The summed E-state index contributed by atoms with van der Waals surface area (Å²) in [6.07, 6.45) is 0.260. The van der Waals surface area contributed by atoms with Gasteiger partial charge in [0.1, 0.15) is 0 Å². The molecule has 0 N–H and O–H groups in total. The molecule has 24 heavy (non-hydrogen) atoms. The Morgan fingerprint density at radius 1 is 1.08 bits per heavy atom. The number of nitrogens with zero attached hydrogens (tertiary/aromatic N) is 1. The van der Waals surface area contributed by atoms with Gasteiger partial charge in [-0.1, -0.05) is 13.8 Å². The number of fused-ring (bicyclic) bond motifs is 1. The molecule has 0 saturated heterocycles. The van der Waals surface area contributed by atoms with E-state index in [1.54, 1.807) is 19.1 Å². The summed E-state index contributed by atoms with van der Waals surface area (Å²) < 4.78 is 15.4. The molecule has 0 radical (unpaired) electrons. The van der Waals surface area contributed by atoms with Gasteiger partial charge in [0, 0.05) is 24.9 Å². The van der Waals surface area contributed by atoms with Gasteiger partial charge < -0.3 is 19.1 Å². The molecule has 2 rings (SSSR count). The Labute approximate surface area is 142 Å². The van der Waals surface area contributed by atoms with Gasteiger partial charge in [0.15, 0.2) is 11.5 Å². The summed E-state index contributed by atoms with van der Waals surface area (Å²) in [5.41, 5.74) is 1.97. The Bertz CT molecular complexity index is 639. The van der Waals surface area contributed by atoms with Crippen molar-refractivity contribution in [1.82, 2.24) is 4.90 Å². The van der Waals surface area contributed by atoms with Crippen molar-refractivity contribution >= 4 is 11.9 Å². The van der Waals surface area contributed by atoms with E-state index in [-0.39, 0.29) is 30.1 Å². The molecule has 0 atom stereocenters. The van der Waals surface area contributed by atoms with Crippen molar-refractivity contribution in [2.75, 3.05) is 27.9 Å². The molecule has 1 aliphatic rings. The lowest BCUT2D eigenvalue weighted by atomic mass is 9.78. The van der Waals surface area contributed by atoms with Gasteiger partial charge in [0.05, 0.1) is 27.8 Å². The van der Waals surface area contributed by atoms with Crippen LogP contribution in [0, 0.1) is 0 Å². The van der Waals surface area contributed by atoms with Crippen LogP contribution < -0.4 is 9.47 Å². The predicted octanol–water partition coefficient (Wildman–Crippen LogP) is 2.28. The first kappa shape index (κ1) is 18.1. The number of ether oxygens (including phenoxy) is 3. The summed E-state index contributed by atoms with van der Waals surface area (Å²) in [6.45, 7) is 5.28. The molecule has 0 aromatic heterocycles. The van der Waals surface area contributed by atoms with Gasteiger partial charge in [-0.3, -0.25) is 9.59 Å². The lowest BCUT2D eigenvalue weighted by Crippen LogP contribution is -2.45. The average molecular weight is 335 g/mol. The smallest absolute Gasteiger partial charge is 0.306 e. The number of carbonyl (C=O) groups excluding carboxylic acids is 2. The summed E-state index contributed by atoms with van der Waals surface area (Å²) in [6, 6.07) is 3.92. The zero-order valence-corrected chi connectivity index (χ0v) is 15.0. The molecule has 0 unspecified atom stereocenters. The molecule has 6 heteroatoms. The molecule has 1 aromatic rings. The second-order valence-corrected chi connectivity index (χ2v) is 6.57. The standard InChI is InChI=1S/C18H25NO5/c1-18(2)11-19(16(20)6-7-17(21)24-5)10-12-8-14(22-3)15(23-4)9-13(12)18/h8-9H,6-7,10-11H2,1-5H3. The predicted molar refractivity (Wildman–Crippen MR) is 89.2 cm³/mol. The maximum absolute atomic E-state index is 12.5. The van der Waals surface area contributed by atoms with Crippen molar-refractivity contribution in [2.45, 2.75) is 38.6 Å². The summed E-state index contributed by atoms with van der Waals surface area (Å²) in [7, 11) is 4.53. The molecule has 1 aromatic carbocycles. The van der Waals surface area contributed by atoms with Crippen LogP contribution in [0.2, 0.25) is 0 Å². The van der Waals surface area contributed by atoms with Gasteiger partial charge in [-0.05, 0) is 23.3 Å². The molecule has 0 bridgehead atoms. The van der Waals surface area contributed by atoms with Gasteiger partial charge in [0.25, 0.3) is 0 Å². The van der Waals surface area contributed by atoms with Crippen LogP contribution in [0.3, 0.4) is 0 Å². The molecule has 1 heterocycles. The molecule has 0 spiro atoms. The van der Waals surface area contributed by atoms with Gasteiger partial charge >= 0.3 is 5.97 Å². The zero-order chi connectivity index (χ0) is 17.9. The Kier molecular flexibility index (Phi) is 5.36. The lowest BCUT2D eigenvalue weighted by molar-refractivity contribution is -0.144. The molecule has 0 fully saturated rings. The van der Waals surface area contributed by atoms with Gasteiger partial charge in [-0.25, -0.2) is 0 Å². The van der Waals surface area contributed by atoms with Crippen molar-refractivity contribution in [1.29, 1.82) is 0 Å². The fraction of sp³-hybridized carbons (Fsp3) is 0.556. The fourth-order valence-corrected chi connectivity index (χ4v) is 3.15. The molecule has 1 aliphatic heterocycles. The minimum Gasteiger partial charge on any atom is -0.493 e. The number of rotatable bonds is 5. The zero-order valence-electron chi connectivity index (χ0n) is 15.0. The third kappa shape index (κ3) is 3.63. The third-order valence-corrected chi connectivity index (χ3v) is 4.41. The van der Waals surface area contributed by atoms with Crippen molar-refractivity contribution in [3.05, 3.63) is 23.3 Å². The third-order valence-electron chi connectivity index (χ3n) is 4.41. The lowest BCUT2D eigenvalue weighted by Gasteiger charge is -2.40. The molecular weight excluding hydrogens is 310 g/mol. The largest absolute Gasteiger partial charge is 0.493 e. The van der Waals surface area contributed by atoms with Crippen LogP contribution >= 0.6 is 0 Å². The number of carbonyl (C=O) groups is 2. The summed E-state index contributed by atoms with van der Waals surface area (Å²) in [5.74, 6) is 0.922. The minimum absolute atomic E-state index is 0.0473. The van der Waals surface area contributed by atoms with Crippen molar-refractivity contribution in [3.63, 3.8) is 0 Å². The highest BCUT2D eigenvalue weighted by atomic mass is 16.5. The van der Waals surface area contributed by atoms with Gasteiger partial charge in [0.2, 0.25) is 5.91 Å². The van der Waals surface area contributed by atoms with E-state index in [1.807, 2.05) is 12.1 Å². The molecule has 132 valence electrons. The van der Waals surface area contributed by atoms with Crippen LogP contribution in [-0.2, 0) is 26.3 Å². The van der Waals surface area contributed by atoms with E-state index in [1.165, 1.54) is 7.11 Å². The van der Waals surface area contributed by atoms with Gasteiger partial charge in [-0.2, -0.15) is 0 Å². The second kappa shape index (κ2) is 7.11. The number of hydrogen-bond donors (Lipinski definition) is 0. The minimum atomic E-state index is -0.369. The number of benzene rings is 1. The maximum Gasteiger partial charge on any atom is 0.306 e. The second-order valence-electron chi connectivity index (χ2n) is 6.57. The first-order valence-electron chi connectivity index (χ1n) is 7.92. The molecule has 0 saturated carbocycles. The van der Waals surface area contributed by atoms with Crippen LogP contribution in [0.25, 0.3) is 0 Å². The topological polar surface area (TPSA) is 65.1 Å². The SMILES string of the molecule is COC(=O)CCC(=O)N1Cc2cc(OC)c(OC)cc2C(C)(C)C1. The van der Waals surface area contributed by atoms with Crippen molar-refractivity contribution in [2.24, 2.45) is 0 Å². The van der Waals surface area contributed by atoms with E-state index in [9.17, 15) is 9.59 Å². The Morgan fingerprint density at radius 2 is 1.71 bits per heavy atom. The number of hydrogen-bond acceptors (Lipinski definition) is 5. The molecule has 6 nitrogen and oxygen atoms in total. The Morgan fingerprint density at radius 3 is 2.29 bits per heavy atom. The van der Waals surface area contributed by atoms with Crippen molar-refractivity contribution < 1.29 is 23.8 Å². The van der Waals surface area contributed by atoms with Crippen LogP contribution in [0.15, 0.2) is 12.1 Å². The van der Waals surface area contributed by atoms with Crippen LogP contribution in [0.1, 0.15) is 37.8 Å². The number of amides is 1. The number of methoxy groups -OCH3 is 3. The summed E-state index contributed by atoms with van der Waals surface area (Å²) in [4.78, 5) is 25.5. The first-order chi connectivity index (χ1) is 11.3. The van der Waals surface area contributed by atoms with E-state index < -0.39 is 0 Å². The highest BCUT2D eigenvalue weighted by molar-refractivity contribution is 5.81. The molecule has 0 aliphatic carbocycles. The van der Waals surface area contributed by atoms with Gasteiger partial charge in [-0.15, -0.1) is 0 Å². The van der Waals surface area contributed by atoms with E-state index >= 15 is 0 Å². The number of esters is 1. The molecule has 1 amide bonds. The van der Waals surface area contributed by atoms with Crippen LogP contribution in [0.5, 0.6) is 11.5 Å². The van der Waals surface area contributed by atoms with E-state index in [2.05, 4.69) is 18.6 Å². The van der Waals surface area contributed by atoms with E-state index in [0.717, 1.165) is 11.1 Å². The quantitative estimate of drug-likeness (QED) is 0.773. The summed E-state index contributed by atoms with van der Waals surface area (Å²) in [5, 5.41) is 0. The summed E-state index contributed by atoms with van der Waals surface area (Å²) >= 11 is 0. The first-order valence-corrected chi connectivity index (χ1v) is 7.92. The Hall–Kier alpha value is -2.24. The average Bonchev–Trinajstić information content (AvgIpc) is 2.57. The van der Waals surface area contributed by atoms with Crippen LogP contribution in [0.4, 0.5) is 0 Å². The fourth-order valence-electron chi connectivity index (χ4n) is 3.15. The Balaban J connectivity index is 2.26. The monoisotopic (exact) mass is 335 g/mol. The van der Waals surface area contributed by atoms with E-state index in [0.29, 0.717) is 24.6 Å². The highest BCUT2D eigenvalue weighted by Gasteiger charge is 2.35. The molecular formula is C18H25NO5.